The molecule has 0 spiro atoms. The number of esters is 1. The molecule has 1 aromatic carbocycles. The highest BCUT2D eigenvalue weighted by molar-refractivity contribution is 7.91. The van der Waals surface area contributed by atoms with E-state index in [4.69, 9.17) is 11.6 Å². The van der Waals surface area contributed by atoms with Gasteiger partial charge in [-0.05, 0) is 49.2 Å². The number of halogens is 1. The van der Waals surface area contributed by atoms with Crippen LogP contribution in [0.25, 0.3) is 5.69 Å². The Balaban J connectivity index is 1.82. The number of pyridine rings is 1. The third-order valence-electron chi connectivity index (χ3n) is 5.51. The van der Waals surface area contributed by atoms with Crippen molar-refractivity contribution in [1.29, 1.82) is 0 Å². The maximum Gasteiger partial charge on any atom is 0.306 e. The second kappa shape index (κ2) is 11.5. The van der Waals surface area contributed by atoms with Gasteiger partial charge in [-0.25, -0.2) is 13.1 Å². The molecule has 1 amide bonds. The first-order valence-corrected chi connectivity index (χ1v) is 13.0. The van der Waals surface area contributed by atoms with Gasteiger partial charge in [-0.3, -0.25) is 14.6 Å². The minimum atomic E-state index is -3.75. The predicted molar refractivity (Wildman–Crippen MR) is 131 cm³/mol. The zero-order valence-electron chi connectivity index (χ0n) is 19.7. The molecule has 3 aromatic rings. The van der Waals surface area contributed by atoms with E-state index in [1.807, 2.05) is 19.1 Å². The average Bonchev–Trinajstić information content (AvgIpc) is 3.24. The number of sulfone groups is 1. The number of aromatic nitrogens is 3. The first kappa shape index (κ1) is 26.4. The van der Waals surface area contributed by atoms with Crippen molar-refractivity contribution in [3.63, 3.8) is 0 Å². The molecule has 0 radical (unpaired) electrons. The number of nitrogens with zero attached hydrogens (tertiary/aromatic N) is 3. The minimum absolute atomic E-state index is 0.0130. The molecule has 0 aliphatic heterocycles. The fourth-order valence-corrected chi connectivity index (χ4v) is 4.89. The van der Waals surface area contributed by atoms with Gasteiger partial charge in [-0.15, -0.1) is 0 Å². The van der Waals surface area contributed by atoms with Crippen LogP contribution in [0, 0.1) is 6.92 Å². The van der Waals surface area contributed by atoms with Crippen molar-refractivity contribution in [2.75, 3.05) is 12.9 Å². The lowest BCUT2D eigenvalue weighted by atomic mass is 10.0. The van der Waals surface area contributed by atoms with Gasteiger partial charge in [-0.2, -0.15) is 5.10 Å². The van der Waals surface area contributed by atoms with Crippen molar-refractivity contribution < 1.29 is 22.7 Å². The summed E-state index contributed by atoms with van der Waals surface area (Å²) in [5, 5.41) is 7.91. The van der Waals surface area contributed by atoms with Crippen LogP contribution in [0.4, 0.5) is 0 Å². The summed E-state index contributed by atoms with van der Waals surface area (Å²) in [5.74, 6) is -1.33. The Morgan fingerprint density at radius 3 is 2.54 bits per heavy atom. The normalized spacial score (nSPS) is 12.2. The van der Waals surface area contributed by atoms with Gasteiger partial charge in [0.1, 0.15) is 0 Å². The van der Waals surface area contributed by atoms with Gasteiger partial charge in [-0.1, -0.05) is 24.9 Å². The van der Waals surface area contributed by atoms with Crippen LogP contribution < -0.4 is 5.32 Å². The van der Waals surface area contributed by atoms with Crippen molar-refractivity contribution in [1.82, 2.24) is 20.1 Å². The molecule has 0 fully saturated rings. The topological polar surface area (TPSA) is 120 Å². The Morgan fingerprint density at radius 2 is 1.89 bits per heavy atom. The first-order chi connectivity index (χ1) is 16.7. The molecule has 0 saturated heterocycles. The van der Waals surface area contributed by atoms with Crippen LogP contribution in [0.5, 0.6) is 0 Å². The third-order valence-corrected chi connectivity index (χ3v) is 7.44. The molecule has 3 rings (SSSR count). The minimum Gasteiger partial charge on any atom is -0.469 e. The van der Waals surface area contributed by atoms with E-state index in [9.17, 15) is 18.0 Å². The second-order valence-corrected chi connectivity index (χ2v) is 10.5. The summed E-state index contributed by atoms with van der Waals surface area (Å²) in [6, 6.07) is 8.13. The highest BCUT2D eigenvalue weighted by atomic mass is 35.5. The molecule has 0 bridgehead atoms. The molecule has 0 aliphatic carbocycles. The lowest BCUT2D eigenvalue weighted by Crippen LogP contribution is -2.29. The molecule has 1 N–H and O–H groups in total. The molecule has 2 aromatic heterocycles. The van der Waals surface area contributed by atoms with Gasteiger partial charge >= 0.3 is 5.97 Å². The van der Waals surface area contributed by atoms with E-state index in [1.165, 1.54) is 31.8 Å². The number of methoxy groups -OCH3 is 1. The number of carbonyl (C=O) groups is 2. The van der Waals surface area contributed by atoms with E-state index < -0.39 is 27.6 Å². The summed E-state index contributed by atoms with van der Waals surface area (Å²) in [4.78, 5) is 28.6. The number of amides is 1. The van der Waals surface area contributed by atoms with Crippen molar-refractivity contribution in [3.05, 3.63) is 70.8 Å². The van der Waals surface area contributed by atoms with Crippen molar-refractivity contribution in [3.8, 4) is 5.69 Å². The number of rotatable bonds is 10. The van der Waals surface area contributed by atoms with Gasteiger partial charge in [0.05, 0.1) is 53.4 Å². The van der Waals surface area contributed by atoms with Crippen LogP contribution >= 0.6 is 11.6 Å². The third kappa shape index (κ3) is 6.46. The van der Waals surface area contributed by atoms with E-state index in [1.54, 1.807) is 23.7 Å². The molecule has 1 atom stereocenters. The molecule has 1 unspecified atom stereocenters. The van der Waals surface area contributed by atoms with E-state index in [-0.39, 0.29) is 17.2 Å². The van der Waals surface area contributed by atoms with Gasteiger partial charge in [0, 0.05) is 17.4 Å². The maximum absolute atomic E-state index is 13.1. The first-order valence-electron chi connectivity index (χ1n) is 11.0. The number of ether oxygens (including phenoxy) is 1. The van der Waals surface area contributed by atoms with E-state index in [0.29, 0.717) is 28.3 Å². The SMILES string of the molecule is CCCC(NC(=O)c1cnn(-c2ccc(Cl)cc2)c1C)c1cncc(S(=O)(=O)CCC(=O)OC)c1. The summed E-state index contributed by atoms with van der Waals surface area (Å²) in [6.07, 6.45) is 5.32. The molecular formula is C24H27ClN4O5S. The van der Waals surface area contributed by atoms with Crippen LogP contribution in [0.3, 0.4) is 0 Å². The quantitative estimate of drug-likeness (QED) is 0.405. The Labute approximate surface area is 209 Å². The molecule has 2 heterocycles. The Bertz CT molecular complexity index is 1310. The number of hydrogen-bond donors (Lipinski definition) is 1. The summed E-state index contributed by atoms with van der Waals surface area (Å²) in [7, 11) is -2.55. The molecular weight excluding hydrogens is 492 g/mol. The summed E-state index contributed by atoms with van der Waals surface area (Å²) >= 11 is 5.96. The van der Waals surface area contributed by atoms with Crippen LogP contribution in [-0.2, 0) is 19.4 Å². The predicted octanol–water partition coefficient (Wildman–Crippen LogP) is 3.84. The highest BCUT2D eigenvalue weighted by Gasteiger charge is 2.23. The van der Waals surface area contributed by atoms with Crippen LogP contribution in [0.15, 0.2) is 53.8 Å². The van der Waals surface area contributed by atoms with Crippen LogP contribution in [-0.4, -0.2) is 47.9 Å². The van der Waals surface area contributed by atoms with Crippen molar-refractivity contribution >= 4 is 33.3 Å². The fraction of sp³-hybridized carbons (Fsp3) is 0.333. The monoisotopic (exact) mass is 518 g/mol. The van der Waals surface area contributed by atoms with Crippen LogP contribution in [0.2, 0.25) is 5.02 Å². The van der Waals surface area contributed by atoms with Gasteiger partial charge in [0.15, 0.2) is 9.84 Å². The Morgan fingerprint density at radius 1 is 1.17 bits per heavy atom. The molecule has 186 valence electrons. The largest absolute Gasteiger partial charge is 0.469 e. The molecule has 0 saturated carbocycles. The number of carbonyl (C=O) groups excluding carboxylic acids is 2. The molecule has 35 heavy (non-hydrogen) atoms. The van der Waals surface area contributed by atoms with Gasteiger partial charge in [0.25, 0.3) is 5.91 Å². The summed E-state index contributed by atoms with van der Waals surface area (Å²) in [5.41, 5.74) is 2.38. The molecule has 0 aliphatic rings. The second-order valence-electron chi connectivity index (χ2n) is 7.95. The maximum atomic E-state index is 13.1. The zero-order chi connectivity index (χ0) is 25.6. The standard InChI is InChI=1S/C24H27ClN4O5S/c1-4-5-22(17-12-20(14-26-13-17)35(32,33)11-10-23(30)34-3)28-24(31)21-15-27-29(16(21)2)19-8-6-18(25)7-9-19/h6-9,12-15,22H,4-5,10-11H2,1-3H3,(H,28,31). The number of benzene rings is 1. The number of nitrogens with one attached hydrogen (secondary N) is 1. The van der Waals surface area contributed by atoms with E-state index in [0.717, 1.165) is 12.1 Å². The van der Waals surface area contributed by atoms with E-state index >= 15 is 0 Å². The summed E-state index contributed by atoms with van der Waals surface area (Å²) < 4.78 is 31.5. The number of hydrogen-bond acceptors (Lipinski definition) is 7. The van der Waals surface area contributed by atoms with Crippen LogP contribution in [0.1, 0.15) is 53.8 Å². The zero-order valence-corrected chi connectivity index (χ0v) is 21.3. The molecule has 9 nitrogen and oxygen atoms in total. The van der Waals surface area contributed by atoms with Gasteiger partial charge in [0.2, 0.25) is 0 Å². The Hall–Kier alpha value is -3.24. The van der Waals surface area contributed by atoms with E-state index in [2.05, 4.69) is 20.1 Å². The summed E-state index contributed by atoms with van der Waals surface area (Å²) in [6.45, 7) is 3.76. The fourth-order valence-electron chi connectivity index (χ4n) is 3.56. The Kier molecular flexibility index (Phi) is 8.63. The highest BCUT2D eigenvalue weighted by Crippen LogP contribution is 2.23. The van der Waals surface area contributed by atoms with Gasteiger partial charge < -0.3 is 10.1 Å². The van der Waals surface area contributed by atoms with Crippen molar-refractivity contribution in [2.45, 2.75) is 44.0 Å². The lowest BCUT2D eigenvalue weighted by Gasteiger charge is -2.19. The van der Waals surface area contributed by atoms with Crippen molar-refractivity contribution in [2.24, 2.45) is 0 Å². The smallest absolute Gasteiger partial charge is 0.306 e. The average molecular weight is 519 g/mol. The molecule has 11 heteroatoms. The lowest BCUT2D eigenvalue weighted by molar-refractivity contribution is -0.140.